The maximum atomic E-state index is 13.5. The van der Waals surface area contributed by atoms with E-state index in [9.17, 15) is 4.79 Å². The van der Waals surface area contributed by atoms with Gasteiger partial charge in [-0.1, -0.05) is 12.1 Å². The first kappa shape index (κ1) is 30.0. The Morgan fingerprint density at radius 2 is 1.22 bits per heavy atom. The van der Waals surface area contributed by atoms with Gasteiger partial charge in [-0.2, -0.15) is 0 Å². The fraction of sp³-hybridized carbons (Fsp3) is 0.575. The predicted octanol–water partition coefficient (Wildman–Crippen LogP) is 10.8. The molecule has 8 aliphatic carbocycles. The quantitative estimate of drug-likeness (QED) is 0.236. The molecule has 0 aliphatic heterocycles. The number of rotatable bonds is 6. The van der Waals surface area contributed by atoms with Gasteiger partial charge in [-0.15, -0.1) is 0 Å². The summed E-state index contributed by atoms with van der Waals surface area (Å²) >= 11 is 8.10. The summed E-state index contributed by atoms with van der Waals surface area (Å²) in [4.78, 5) is 13.5. The highest BCUT2D eigenvalue weighted by molar-refractivity contribution is 9.11. The van der Waals surface area contributed by atoms with E-state index in [0.29, 0.717) is 5.56 Å². The van der Waals surface area contributed by atoms with E-state index in [2.05, 4.69) is 62.2 Å². The average Bonchev–Trinajstić information content (AvgIpc) is 3.02. The molecule has 3 aromatic rings. The van der Waals surface area contributed by atoms with Crippen molar-refractivity contribution < 1.29 is 19.0 Å². The van der Waals surface area contributed by atoms with Crippen LogP contribution in [0.3, 0.4) is 0 Å². The van der Waals surface area contributed by atoms with Gasteiger partial charge in [0.2, 0.25) is 0 Å². The molecule has 3 aromatic carbocycles. The molecule has 8 fully saturated rings. The van der Waals surface area contributed by atoms with Crippen molar-refractivity contribution in [3.8, 4) is 22.6 Å². The molecule has 0 saturated heterocycles. The minimum absolute atomic E-state index is 0.0396. The zero-order valence-electron chi connectivity index (χ0n) is 27.2. The molecule has 6 heteroatoms. The number of halogens is 2. The lowest BCUT2D eigenvalue weighted by molar-refractivity contribution is -0.00684. The van der Waals surface area contributed by atoms with Crippen LogP contribution in [0.1, 0.15) is 98.5 Å². The van der Waals surface area contributed by atoms with E-state index in [4.69, 9.17) is 14.2 Å². The van der Waals surface area contributed by atoms with Gasteiger partial charge < -0.3 is 14.2 Å². The molecule has 11 rings (SSSR count). The second kappa shape index (κ2) is 10.7. The molecule has 242 valence electrons. The molecular weight excluding hydrogens is 704 g/mol. The fourth-order valence-electron chi connectivity index (χ4n) is 12.8. The Labute approximate surface area is 289 Å². The molecule has 46 heavy (non-hydrogen) atoms. The minimum atomic E-state index is -0.259. The maximum Gasteiger partial charge on any atom is 0.338 e. The normalized spacial score (nSPS) is 35.2. The third kappa shape index (κ3) is 4.36. The highest BCUT2D eigenvalue weighted by Gasteiger charge is 2.55. The van der Waals surface area contributed by atoms with Gasteiger partial charge in [0.25, 0.3) is 0 Å². The summed E-state index contributed by atoms with van der Waals surface area (Å²) in [5, 5.41) is 2.05. The second-order valence-electron chi connectivity index (χ2n) is 16.3. The Hall–Kier alpha value is -2.05. The standard InChI is InChI=1S/C40H44Br2O4/c1-44-36-31(39-15-21-6-22(16-39)8-23(7-21)17-39)13-28(14-32(36)41)29-5-4-27-12-30(38(43)46-3)34(37(45-2)33(27)35(29)42)40-18-24-9-25(19-40)11-26(10-24)20-40/h4-5,12-14,21-26H,6-11,15-20H2,1-3H3. The molecule has 4 nitrogen and oxygen atoms in total. The van der Waals surface area contributed by atoms with Crippen LogP contribution in [0, 0.1) is 35.5 Å². The zero-order chi connectivity index (χ0) is 31.5. The van der Waals surface area contributed by atoms with Gasteiger partial charge in [-0.3, -0.25) is 0 Å². The fourth-order valence-corrected chi connectivity index (χ4v) is 14.2. The van der Waals surface area contributed by atoms with Crippen molar-refractivity contribution in [3.05, 3.63) is 56.0 Å². The molecule has 0 atom stereocenters. The van der Waals surface area contributed by atoms with Gasteiger partial charge in [-0.25, -0.2) is 4.79 Å². The van der Waals surface area contributed by atoms with E-state index in [0.717, 1.165) is 97.1 Å². The summed E-state index contributed by atoms with van der Waals surface area (Å²) in [5.41, 5.74) is 5.64. The summed E-state index contributed by atoms with van der Waals surface area (Å²) in [6.07, 6.45) is 15.5. The van der Waals surface area contributed by atoms with Crippen LogP contribution in [0.4, 0.5) is 0 Å². The molecule has 0 N–H and O–H groups in total. The number of hydrogen-bond donors (Lipinski definition) is 0. The molecule has 8 bridgehead atoms. The maximum absolute atomic E-state index is 13.5. The van der Waals surface area contributed by atoms with Crippen LogP contribution in [0.2, 0.25) is 0 Å². The van der Waals surface area contributed by atoms with E-state index in [1.807, 2.05) is 7.11 Å². The summed E-state index contributed by atoms with van der Waals surface area (Å²) in [6.45, 7) is 0. The highest BCUT2D eigenvalue weighted by Crippen LogP contribution is 2.65. The third-order valence-electron chi connectivity index (χ3n) is 13.5. The summed E-state index contributed by atoms with van der Waals surface area (Å²) < 4.78 is 20.1. The van der Waals surface area contributed by atoms with Crippen LogP contribution in [0.25, 0.3) is 21.9 Å². The molecule has 8 saturated carbocycles. The number of carbonyl (C=O) groups excluding carboxylic acids is 1. The summed E-state index contributed by atoms with van der Waals surface area (Å²) in [5.74, 6) is 6.37. The monoisotopic (exact) mass is 746 g/mol. The van der Waals surface area contributed by atoms with Gasteiger partial charge in [-0.05, 0) is 185 Å². The van der Waals surface area contributed by atoms with Gasteiger partial charge in [0.05, 0.1) is 31.4 Å². The number of methoxy groups -OCH3 is 3. The van der Waals surface area contributed by atoms with E-state index in [1.54, 1.807) is 7.11 Å². The van der Waals surface area contributed by atoms with Crippen LogP contribution in [0.15, 0.2) is 39.3 Å². The second-order valence-corrected chi connectivity index (χ2v) is 17.9. The average molecular weight is 749 g/mol. The van der Waals surface area contributed by atoms with Crippen LogP contribution in [-0.4, -0.2) is 27.3 Å². The van der Waals surface area contributed by atoms with Crippen molar-refractivity contribution >= 4 is 48.6 Å². The van der Waals surface area contributed by atoms with Crippen LogP contribution in [0.5, 0.6) is 11.5 Å². The lowest BCUT2D eigenvalue weighted by atomic mass is 9.47. The summed E-state index contributed by atoms with van der Waals surface area (Å²) in [6, 6.07) is 11.1. The molecule has 0 heterocycles. The van der Waals surface area contributed by atoms with E-state index < -0.39 is 0 Å². The van der Waals surface area contributed by atoms with Gasteiger partial charge >= 0.3 is 5.97 Å². The van der Waals surface area contributed by atoms with Crippen molar-refractivity contribution in [1.29, 1.82) is 0 Å². The van der Waals surface area contributed by atoms with Crippen LogP contribution in [-0.2, 0) is 15.6 Å². The van der Waals surface area contributed by atoms with Crippen LogP contribution < -0.4 is 9.47 Å². The molecular formula is C40H44Br2O4. The van der Waals surface area contributed by atoms with Crippen molar-refractivity contribution in [2.24, 2.45) is 35.5 Å². The van der Waals surface area contributed by atoms with E-state index in [-0.39, 0.29) is 16.8 Å². The zero-order valence-corrected chi connectivity index (χ0v) is 30.4. The third-order valence-corrected chi connectivity index (χ3v) is 15.0. The molecule has 0 unspecified atom stereocenters. The van der Waals surface area contributed by atoms with Crippen molar-refractivity contribution in [2.45, 2.75) is 87.9 Å². The van der Waals surface area contributed by atoms with Gasteiger partial charge in [0, 0.05) is 26.4 Å². The highest BCUT2D eigenvalue weighted by atomic mass is 79.9. The Bertz CT molecular complexity index is 1700. The molecule has 8 aliphatic rings. The molecule has 0 amide bonds. The largest absolute Gasteiger partial charge is 0.496 e. The van der Waals surface area contributed by atoms with Crippen LogP contribution >= 0.6 is 31.9 Å². The Morgan fingerprint density at radius 3 is 1.72 bits per heavy atom. The van der Waals surface area contributed by atoms with Crippen molar-refractivity contribution in [2.75, 3.05) is 21.3 Å². The smallest absolute Gasteiger partial charge is 0.338 e. The Kier molecular flexibility index (Phi) is 7.00. The lowest BCUT2D eigenvalue weighted by Crippen LogP contribution is -2.49. The number of fused-ring (bicyclic) bond motifs is 1. The first-order valence-electron chi connectivity index (χ1n) is 17.5. The minimum Gasteiger partial charge on any atom is -0.496 e. The van der Waals surface area contributed by atoms with Gasteiger partial charge in [0.1, 0.15) is 11.5 Å². The summed E-state index contributed by atoms with van der Waals surface area (Å²) in [7, 11) is 5.12. The molecule has 0 spiro atoms. The number of carbonyl (C=O) groups is 1. The van der Waals surface area contributed by atoms with Crippen molar-refractivity contribution in [1.82, 2.24) is 0 Å². The lowest BCUT2D eigenvalue weighted by Gasteiger charge is -2.57. The number of benzene rings is 3. The van der Waals surface area contributed by atoms with E-state index in [1.165, 1.54) is 76.0 Å². The molecule has 0 aromatic heterocycles. The number of ether oxygens (including phenoxy) is 3. The predicted molar refractivity (Wildman–Crippen MR) is 189 cm³/mol. The van der Waals surface area contributed by atoms with E-state index >= 15 is 0 Å². The Morgan fingerprint density at radius 1 is 0.696 bits per heavy atom. The number of hydrogen-bond acceptors (Lipinski definition) is 4. The molecule has 0 radical (unpaired) electrons. The Balaban J connectivity index is 1.24. The number of esters is 1. The van der Waals surface area contributed by atoms with Crippen molar-refractivity contribution in [3.63, 3.8) is 0 Å². The topological polar surface area (TPSA) is 44.8 Å². The first-order chi connectivity index (χ1) is 22.2. The van der Waals surface area contributed by atoms with Gasteiger partial charge in [0.15, 0.2) is 0 Å². The first-order valence-corrected chi connectivity index (χ1v) is 19.1. The SMILES string of the molecule is COC(=O)c1cc2ccc(-c3cc(Br)c(OC)c(C45CC6CC(CC(C6)C4)C5)c3)c(Br)c2c(OC)c1C12CC3CC(CC(C3)C1)C2.